The van der Waals surface area contributed by atoms with Crippen molar-refractivity contribution in [2.45, 2.75) is 45.6 Å². The van der Waals surface area contributed by atoms with Gasteiger partial charge in [0.1, 0.15) is 12.7 Å². The van der Waals surface area contributed by atoms with Gasteiger partial charge in [-0.05, 0) is 50.3 Å². The molecular formula is C17H22Cl2O3. The van der Waals surface area contributed by atoms with Crippen molar-refractivity contribution < 1.29 is 14.3 Å². The molecule has 0 unspecified atom stereocenters. The van der Waals surface area contributed by atoms with Crippen molar-refractivity contribution in [2.75, 3.05) is 13.2 Å². The van der Waals surface area contributed by atoms with Crippen LogP contribution in [0.4, 0.5) is 0 Å². The summed E-state index contributed by atoms with van der Waals surface area (Å²) in [5.41, 5.74) is 0.415. The summed E-state index contributed by atoms with van der Waals surface area (Å²) >= 11 is 12.5. The third-order valence-corrected chi connectivity index (χ3v) is 4.71. The second kappa shape index (κ2) is 7.20. The Morgan fingerprint density at radius 3 is 2.55 bits per heavy atom. The molecule has 0 aromatic heterocycles. The molecule has 1 aromatic carbocycles. The Morgan fingerprint density at radius 2 is 2.00 bits per heavy atom. The molecule has 22 heavy (non-hydrogen) atoms. The van der Waals surface area contributed by atoms with Crippen molar-refractivity contribution in [1.82, 2.24) is 0 Å². The lowest BCUT2D eigenvalue weighted by atomic mass is 9.83. The average molecular weight is 345 g/mol. The molecule has 2 atom stereocenters. The van der Waals surface area contributed by atoms with E-state index in [9.17, 15) is 4.79 Å². The first-order valence-electron chi connectivity index (χ1n) is 7.54. The van der Waals surface area contributed by atoms with Crippen molar-refractivity contribution in [2.24, 2.45) is 5.41 Å². The van der Waals surface area contributed by atoms with Crippen LogP contribution in [-0.2, 0) is 14.3 Å². The highest BCUT2D eigenvalue weighted by Gasteiger charge is 2.32. The Labute approximate surface area is 141 Å². The summed E-state index contributed by atoms with van der Waals surface area (Å²) in [5.74, 6) is 0.000459. The molecule has 1 saturated heterocycles. The third-order valence-electron chi connectivity index (χ3n) is 4.05. The van der Waals surface area contributed by atoms with E-state index in [4.69, 9.17) is 32.7 Å². The van der Waals surface area contributed by atoms with Gasteiger partial charge in [0.05, 0.1) is 12.0 Å². The molecule has 0 radical (unpaired) electrons. The fourth-order valence-corrected chi connectivity index (χ4v) is 3.10. The largest absolute Gasteiger partial charge is 0.462 e. The van der Waals surface area contributed by atoms with Gasteiger partial charge in [-0.25, -0.2) is 0 Å². The van der Waals surface area contributed by atoms with Crippen molar-refractivity contribution in [3.63, 3.8) is 0 Å². The monoisotopic (exact) mass is 344 g/mol. The normalized spacial score (nSPS) is 18.9. The second-order valence-electron chi connectivity index (χ2n) is 6.51. The smallest absolute Gasteiger partial charge is 0.311 e. The molecule has 5 heteroatoms. The number of carbonyl (C=O) groups excluding carboxylic acids is 1. The minimum absolute atomic E-state index is 0.0978. The number of ether oxygens (including phenoxy) is 2. The zero-order valence-electron chi connectivity index (χ0n) is 13.2. The quantitative estimate of drug-likeness (QED) is 0.524. The van der Waals surface area contributed by atoms with Crippen LogP contribution in [0.25, 0.3) is 0 Å². The predicted molar refractivity (Wildman–Crippen MR) is 88.6 cm³/mol. The van der Waals surface area contributed by atoms with Crippen LogP contribution in [0.1, 0.15) is 45.1 Å². The van der Waals surface area contributed by atoms with Gasteiger partial charge >= 0.3 is 5.97 Å². The molecule has 1 aliphatic rings. The van der Waals surface area contributed by atoms with Gasteiger partial charge in [-0.15, -0.1) is 0 Å². The van der Waals surface area contributed by atoms with Crippen LogP contribution in [-0.4, -0.2) is 25.3 Å². The summed E-state index contributed by atoms with van der Waals surface area (Å²) in [7, 11) is 0. The number of hydrogen-bond donors (Lipinski definition) is 0. The van der Waals surface area contributed by atoms with Gasteiger partial charge < -0.3 is 9.47 Å². The van der Waals surface area contributed by atoms with Crippen LogP contribution in [0.15, 0.2) is 18.2 Å². The highest BCUT2D eigenvalue weighted by Crippen LogP contribution is 2.36. The van der Waals surface area contributed by atoms with E-state index in [1.807, 2.05) is 32.0 Å². The maximum atomic E-state index is 12.2. The highest BCUT2D eigenvalue weighted by molar-refractivity contribution is 6.36. The number of halogens is 2. The minimum atomic E-state index is -0.531. The Morgan fingerprint density at radius 1 is 1.41 bits per heavy atom. The lowest BCUT2D eigenvalue weighted by Gasteiger charge is -2.24. The number of hydrogen-bond acceptors (Lipinski definition) is 3. The van der Waals surface area contributed by atoms with Crippen LogP contribution in [0.2, 0.25) is 10.0 Å². The van der Waals surface area contributed by atoms with Gasteiger partial charge in [-0.3, -0.25) is 4.79 Å². The van der Waals surface area contributed by atoms with Crippen LogP contribution in [0.5, 0.6) is 0 Å². The summed E-state index contributed by atoms with van der Waals surface area (Å²) < 4.78 is 10.3. The van der Waals surface area contributed by atoms with E-state index in [0.717, 1.165) is 12.0 Å². The zero-order valence-corrected chi connectivity index (χ0v) is 14.7. The SMILES string of the molecule is C[C@H](CCC(C)(C)C(=O)OC[C@H]1CO1)c1c(Cl)cccc1Cl. The second-order valence-corrected chi connectivity index (χ2v) is 7.33. The molecule has 1 heterocycles. The molecule has 1 aromatic rings. The zero-order chi connectivity index (χ0) is 16.3. The molecule has 1 aliphatic heterocycles. The van der Waals surface area contributed by atoms with Crippen molar-refractivity contribution >= 4 is 29.2 Å². The lowest BCUT2D eigenvalue weighted by molar-refractivity contribution is -0.154. The van der Waals surface area contributed by atoms with Crippen molar-refractivity contribution in [3.8, 4) is 0 Å². The Hall–Kier alpha value is -0.770. The van der Waals surface area contributed by atoms with Gasteiger partial charge in [0.2, 0.25) is 0 Å². The van der Waals surface area contributed by atoms with Gasteiger partial charge in [0, 0.05) is 10.0 Å². The van der Waals surface area contributed by atoms with Crippen molar-refractivity contribution in [1.29, 1.82) is 0 Å². The van der Waals surface area contributed by atoms with Crippen molar-refractivity contribution in [3.05, 3.63) is 33.8 Å². The predicted octanol–water partition coefficient (Wildman–Crippen LogP) is 4.85. The molecule has 0 saturated carbocycles. The first-order chi connectivity index (χ1) is 10.3. The van der Waals surface area contributed by atoms with E-state index in [0.29, 0.717) is 29.7 Å². The Kier molecular flexibility index (Phi) is 5.76. The standard InChI is InChI=1S/C17H22Cl2O3/c1-11(15-13(18)5-4-6-14(15)19)7-8-17(2,3)16(20)22-10-12-9-21-12/h4-6,11-12H,7-10H2,1-3H3/t11-,12-/m1/s1. The maximum Gasteiger partial charge on any atom is 0.311 e. The molecular weight excluding hydrogens is 323 g/mol. The number of carbonyl (C=O) groups is 1. The fraction of sp³-hybridized carbons (Fsp3) is 0.588. The summed E-state index contributed by atoms with van der Waals surface area (Å²) in [6.45, 7) is 6.94. The van der Waals surface area contributed by atoms with Crippen LogP contribution < -0.4 is 0 Å². The van der Waals surface area contributed by atoms with Gasteiger partial charge in [-0.2, -0.15) is 0 Å². The van der Waals surface area contributed by atoms with Gasteiger partial charge in [0.15, 0.2) is 0 Å². The molecule has 0 spiro atoms. The Balaban J connectivity index is 1.90. The summed E-state index contributed by atoms with van der Waals surface area (Å²) in [5, 5.41) is 1.34. The van der Waals surface area contributed by atoms with Crippen LogP contribution in [0.3, 0.4) is 0 Å². The summed E-state index contributed by atoms with van der Waals surface area (Å²) in [6, 6.07) is 5.52. The molecule has 0 amide bonds. The highest BCUT2D eigenvalue weighted by atomic mass is 35.5. The van der Waals surface area contributed by atoms with Gasteiger partial charge in [-0.1, -0.05) is 36.2 Å². The van der Waals surface area contributed by atoms with Gasteiger partial charge in [0.25, 0.3) is 0 Å². The fourth-order valence-electron chi connectivity index (χ4n) is 2.33. The molecule has 0 N–H and O–H groups in total. The molecule has 2 rings (SSSR count). The number of benzene rings is 1. The summed E-state index contributed by atoms with van der Waals surface area (Å²) in [6.07, 6.45) is 1.62. The number of epoxide rings is 1. The first-order valence-corrected chi connectivity index (χ1v) is 8.29. The molecule has 0 aliphatic carbocycles. The molecule has 0 bridgehead atoms. The lowest BCUT2D eigenvalue weighted by Crippen LogP contribution is -2.28. The minimum Gasteiger partial charge on any atom is -0.462 e. The van der Waals surface area contributed by atoms with Crippen LogP contribution >= 0.6 is 23.2 Å². The Bertz CT molecular complexity index is 518. The molecule has 122 valence electrons. The topological polar surface area (TPSA) is 38.8 Å². The average Bonchev–Trinajstić information content (AvgIpc) is 3.26. The van der Waals surface area contributed by atoms with E-state index < -0.39 is 5.41 Å². The maximum absolute atomic E-state index is 12.2. The van der Waals surface area contributed by atoms with E-state index in [-0.39, 0.29) is 18.0 Å². The number of rotatable bonds is 7. The van der Waals surface area contributed by atoms with E-state index in [1.165, 1.54) is 0 Å². The first kappa shape index (κ1) is 17.6. The van der Waals surface area contributed by atoms with E-state index >= 15 is 0 Å². The molecule has 3 nitrogen and oxygen atoms in total. The van der Waals surface area contributed by atoms with E-state index in [1.54, 1.807) is 0 Å². The number of esters is 1. The summed E-state index contributed by atoms with van der Waals surface area (Å²) in [4.78, 5) is 12.2. The van der Waals surface area contributed by atoms with Crippen LogP contribution in [0, 0.1) is 5.41 Å². The molecule has 1 fully saturated rings. The van der Waals surface area contributed by atoms with E-state index in [2.05, 4.69) is 6.92 Å². The third kappa shape index (κ3) is 4.61.